The van der Waals surface area contributed by atoms with Gasteiger partial charge >= 0.3 is 0 Å². The lowest BCUT2D eigenvalue weighted by Crippen LogP contribution is -2.50. The third kappa shape index (κ3) is 1.81. The Morgan fingerprint density at radius 3 is 2.50 bits per heavy atom. The van der Waals surface area contributed by atoms with E-state index in [9.17, 15) is 8.42 Å². The van der Waals surface area contributed by atoms with Gasteiger partial charge in [0.1, 0.15) is 0 Å². The first-order chi connectivity index (χ1) is 6.28. The molecule has 2 heterocycles. The lowest BCUT2D eigenvalue weighted by Gasteiger charge is -2.32. The van der Waals surface area contributed by atoms with Gasteiger partial charge in [0.05, 0.1) is 11.0 Å². The van der Waals surface area contributed by atoms with E-state index in [4.69, 9.17) is 5.73 Å². The van der Waals surface area contributed by atoms with E-state index < -0.39 is 9.84 Å². The van der Waals surface area contributed by atoms with Crippen LogP contribution in [0.25, 0.3) is 0 Å². The average Bonchev–Trinajstić information content (AvgIpc) is 2.38. The number of fused-ring (bicyclic) bond motifs is 2. The molecule has 0 aliphatic carbocycles. The third-order valence-corrected chi connectivity index (χ3v) is 5.24. The lowest BCUT2D eigenvalue weighted by atomic mass is 10.1. The molecule has 2 bridgehead atoms. The molecule has 2 aliphatic rings. The molecule has 2 N–H and O–H groups in total. The first-order valence-corrected chi connectivity index (χ1v) is 6.74. The van der Waals surface area contributed by atoms with Crippen molar-refractivity contribution >= 4 is 9.84 Å². The van der Waals surface area contributed by atoms with Gasteiger partial charge in [-0.15, -0.1) is 0 Å². The predicted octanol–water partition coefficient (Wildman–Crippen LogP) is -0.405. The van der Waals surface area contributed by atoms with Gasteiger partial charge in [-0.25, -0.2) is 8.42 Å². The van der Waals surface area contributed by atoms with Gasteiger partial charge in [-0.3, -0.25) is 4.90 Å². The summed E-state index contributed by atoms with van der Waals surface area (Å²) in [5.41, 5.74) is 5.70. The van der Waals surface area contributed by atoms with Crippen LogP contribution in [0, 0.1) is 0 Å². The molecule has 2 aliphatic heterocycles. The first kappa shape index (κ1) is 10.4. The van der Waals surface area contributed by atoms with Gasteiger partial charge in [0.25, 0.3) is 0 Å². The van der Waals surface area contributed by atoms with Crippen molar-refractivity contribution in [2.45, 2.75) is 37.1 Å². The molecule has 2 unspecified atom stereocenters. The highest BCUT2D eigenvalue weighted by atomic mass is 32.2. The minimum atomic E-state index is -2.76. The monoisotopic (exact) mass is 218 g/mol. The molecule has 2 rings (SSSR count). The number of rotatable bonds is 2. The van der Waals surface area contributed by atoms with E-state index >= 15 is 0 Å². The molecule has 0 aromatic rings. The van der Waals surface area contributed by atoms with E-state index in [1.54, 1.807) is 0 Å². The molecule has 0 saturated carbocycles. The van der Waals surface area contributed by atoms with Crippen LogP contribution in [0.3, 0.4) is 0 Å². The van der Waals surface area contributed by atoms with Gasteiger partial charge in [-0.2, -0.15) is 0 Å². The molecule has 0 aromatic heterocycles. The zero-order valence-electron chi connectivity index (χ0n) is 8.73. The maximum atomic E-state index is 11.5. The highest BCUT2D eigenvalue weighted by Gasteiger charge is 2.48. The molecule has 4 nitrogen and oxygen atoms in total. The maximum absolute atomic E-state index is 11.5. The Hall–Kier alpha value is -0.130. The number of hydrogen-bond donors (Lipinski definition) is 1. The van der Waals surface area contributed by atoms with E-state index in [2.05, 4.69) is 4.90 Å². The van der Waals surface area contributed by atoms with Crippen molar-refractivity contribution in [3.63, 3.8) is 0 Å². The molecule has 2 saturated heterocycles. The van der Waals surface area contributed by atoms with E-state index in [1.165, 1.54) is 0 Å². The fraction of sp³-hybridized carbons (Fsp3) is 1.00. The molecule has 0 spiro atoms. The fourth-order valence-electron chi connectivity index (χ4n) is 2.49. The summed E-state index contributed by atoms with van der Waals surface area (Å²) in [6, 6.07) is 0.229. The Bertz CT molecular complexity index is 331. The molecule has 14 heavy (non-hydrogen) atoms. The van der Waals surface area contributed by atoms with Crippen LogP contribution < -0.4 is 5.73 Å². The van der Waals surface area contributed by atoms with Crippen molar-refractivity contribution < 1.29 is 8.42 Å². The van der Waals surface area contributed by atoms with Crippen LogP contribution in [0.15, 0.2) is 0 Å². The van der Waals surface area contributed by atoms with Crippen molar-refractivity contribution in [1.29, 1.82) is 0 Å². The Kier molecular flexibility index (Phi) is 2.18. The average molecular weight is 218 g/mol. The quantitative estimate of drug-likeness (QED) is 0.685. The summed E-state index contributed by atoms with van der Waals surface area (Å²) in [6.45, 7) is 5.44. The zero-order valence-corrected chi connectivity index (χ0v) is 9.55. The second-order valence-electron chi connectivity index (χ2n) is 5.26. The van der Waals surface area contributed by atoms with Gasteiger partial charge < -0.3 is 5.73 Å². The third-order valence-electron chi connectivity index (χ3n) is 3.03. The SMILES string of the molecule is CC(C)(N)CN1CC2CC1CS2(=O)=O. The van der Waals surface area contributed by atoms with Crippen LogP contribution in [-0.2, 0) is 9.84 Å². The molecule has 5 heteroatoms. The van der Waals surface area contributed by atoms with E-state index in [-0.39, 0.29) is 16.8 Å². The molecule has 0 aromatic carbocycles. The summed E-state index contributed by atoms with van der Waals surface area (Å²) < 4.78 is 23.0. The highest BCUT2D eigenvalue weighted by molar-refractivity contribution is 7.92. The standard InChI is InChI=1S/C9H18N2O2S/c1-9(2,10)6-11-4-8-3-7(11)5-14(8,12)13/h7-8H,3-6,10H2,1-2H3. The van der Waals surface area contributed by atoms with Crippen molar-refractivity contribution in [3.8, 4) is 0 Å². The number of hydrogen-bond acceptors (Lipinski definition) is 4. The van der Waals surface area contributed by atoms with Crippen molar-refractivity contribution in [3.05, 3.63) is 0 Å². The lowest BCUT2D eigenvalue weighted by molar-refractivity contribution is 0.218. The predicted molar refractivity (Wildman–Crippen MR) is 55.8 cm³/mol. The fourth-order valence-corrected chi connectivity index (χ4v) is 4.58. The second kappa shape index (κ2) is 2.93. The molecule has 2 atom stereocenters. The molecule has 82 valence electrons. The topological polar surface area (TPSA) is 63.4 Å². The minimum Gasteiger partial charge on any atom is -0.324 e. The number of likely N-dealkylation sites (tertiary alicyclic amines) is 1. The molecule has 0 amide bonds. The van der Waals surface area contributed by atoms with Crippen LogP contribution in [0.1, 0.15) is 20.3 Å². The molecular formula is C9H18N2O2S. The number of nitrogens with two attached hydrogens (primary N) is 1. The highest BCUT2D eigenvalue weighted by Crippen LogP contribution is 2.33. The Labute approximate surface area is 85.4 Å². The summed E-state index contributed by atoms with van der Waals surface area (Å²) >= 11 is 0. The summed E-state index contributed by atoms with van der Waals surface area (Å²) in [7, 11) is -2.76. The number of sulfone groups is 1. The zero-order chi connectivity index (χ0) is 10.6. The molecule has 0 radical (unpaired) electrons. The number of nitrogens with zero attached hydrogens (tertiary/aromatic N) is 1. The van der Waals surface area contributed by atoms with Crippen molar-refractivity contribution in [2.24, 2.45) is 5.73 Å². The van der Waals surface area contributed by atoms with Gasteiger partial charge in [0.15, 0.2) is 9.84 Å². The van der Waals surface area contributed by atoms with E-state index in [1.807, 2.05) is 13.8 Å². The summed E-state index contributed by atoms with van der Waals surface area (Å²) in [4.78, 5) is 2.23. The van der Waals surface area contributed by atoms with Gasteiger partial charge in [-0.1, -0.05) is 0 Å². The van der Waals surface area contributed by atoms with Gasteiger partial charge in [0.2, 0.25) is 0 Å². The maximum Gasteiger partial charge on any atom is 0.156 e. The molecule has 2 fully saturated rings. The Balaban J connectivity index is 2.04. The van der Waals surface area contributed by atoms with Crippen LogP contribution in [0.5, 0.6) is 0 Å². The van der Waals surface area contributed by atoms with Gasteiger partial charge in [0, 0.05) is 24.7 Å². The summed E-state index contributed by atoms with van der Waals surface area (Å²) in [5, 5.41) is -0.116. The second-order valence-corrected chi connectivity index (χ2v) is 7.58. The first-order valence-electron chi connectivity index (χ1n) is 5.02. The summed E-state index contributed by atoms with van der Waals surface area (Å²) in [6.07, 6.45) is 0.818. The van der Waals surface area contributed by atoms with Crippen molar-refractivity contribution in [2.75, 3.05) is 18.8 Å². The van der Waals surface area contributed by atoms with Crippen LogP contribution in [0.2, 0.25) is 0 Å². The smallest absolute Gasteiger partial charge is 0.156 e. The van der Waals surface area contributed by atoms with Crippen molar-refractivity contribution in [1.82, 2.24) is 4.90 Å². The molecular weight excluding hydrogens is 200 g/mol. The Morgan fingerprint density at radius 1 is 1.50 bits per heavy atom. The van der Waals surface area contributed by atoms with Crippen LogP contribution in [-0.4, -0.2) is 49.0 Å². The van der Waals surface area contributed by atoms with Gasteiger partial charge in [-0.05, 0) is 20.3 Å². The Morgan fingerprint density at radius 2 is 2.14 bits per heavy atom. The largest absolute Gasteiger partial charge is 0.324 e. The summed E-state index contributed by atoms with van der Waals surface area (Å²) in [5.74, 6) is 0.341. The van der Waals surface area contributed by atoms with E-state index in [0.717, 1.165) is 13.0 Å². The van der Waals surface area contributed by atoms with Crippen LogP contribution in [0.4, 0.5) is 0 Å². The van der Waals surface area contributed by atoms with Crippen LogP contribution >= 0.6 is 0 Å². The minimum absolute atomic E-state index is 0.116. The normalized spacial score (nSPS) is 36.5. The van der Waals surface area contributed by atoms with E-state index in [0.29, 0.717) is 12.3 Å².